The van der Waals surface area contributed by atoms with Crippen molar-refractivity contribution < 1.29 is 17.9 Å². The Labute approximate surface area is 142 Å². The highest BCUT2D eigenvalue weighted by Crippen LogP contribution is 2.18. The summed E-state index contributed by atoms with van der Waals surface area (Å²) in [6.45, 7) is 3.87. The third kappa shape index (κ3) is 4.96. The summed E-state index contributed by atoms with van der Waals surface area (Å²) in [6.07, 6.45) is 2.88. The maximum Gasteiger partial charge on any atom is 0.330 e. The van der Waals surface area contributed by atoms with Gasteiger partial charge in [-0.25, -0.2) is 13.2 Å². The molecule has 0 aliphatic carbocycles. The van der Waals surface area contributed by atoms with E-state index in [4.69, 9.17) is 4.74 Å². The molecule has 0 saturated carbocycles. The second-order valence-corrected chi connectivity index (χ2v) is 6.82. The molecule has 0 bridgehead atoms. The summed E-state index contributed by atoms with van der Waals surface area (Å²) in [7, 11) is -3.66. The van der Waals surface area contributed by atoms with Gasteiger partial charge in [0.25, 0.3) is 10.0 Å². The Morgan fingerprint density at radius 2 is 1.92 bits per heavy atom. The lowest BCUT2D eigenvalue weighted by Gasteiger charge is -2.09. The Balaban J connectivity index is 2.18. The quantitative estimate of drug-likeness (QED) is 0.643. The number of carbonyl (C=O) groups excluding carboxylic acids is 1. The second-order valence-electron chi connectivity index (χ2n) is 5.13. The van der Waals surface area contributed by atoms with Gasteiger partial charge >= 0.3 is 5.97 Å². The summed E-state index contributed by atoms with van der Waals surface area (Å²) in [6, 6.07) is 13.4. The first kappa shape index (κ1) is 17.7. The summed E-state index contributed by atoms with van der Waals surface area (Å²) in [5, 5.41) is 0. The van der Waals surface area contributed by atoms with Gasteiger partial charge in [0.15, 0.2) is 0 Å². The van der Waals surface area contributed by atoms with Crippen molar-refractivity contribution in [2.24, 2.45) is 0 Å². The normalized spacial score (nSPS) is 11.4. The predicted octanol–water partition coefficient (Wildman–Crippen LogP) is 3.37. The molecule has 2 rings (SSSR count). The smallest absolute Gasteiger partial charge is 0.330 e. The summed E-state index contributed by atoms with van der Waals surface area (Å²) >= 11 is 0. The van der Waals surface area contributed by atoms with Gasteiger partial charge in [-0.3, -0.25) is 4.72 Å². The highest BCUT2D eigenvalue weighted by atomic mass is 32.2. The van der Waals surface area contributed by atoms with E-state index in [-0.39, 0.29) is 4.90 Å². The summed E-state index contributed by atoms with van der Waals surface area (Å²) in [5.41, 5.74) is 1.97. The fourth-order valence-corrected chi connectivity index (χ4v) is 3.21. The molecule has 0 heterocycles. The van der Waals surface area contributed by atoms with Gasteiger partial charge in [-0.1, -0.05) is 24.3 Å². The monoisotopic (exact) mass is 345 g/mol. The SMILES string of the molecule is CCOC(=O)/C=C/c1cccc(NS(=O)(=O)c2cccc(C)c2)c1. The van der Waals surface area contributed by atoms with Crippen molar-refractivity contribution in [2.75, 3.05) is 11.3 Å². The number of hydrogen-bond donors (Lipinski definition) is 1. The van der Waals surface area contributed by atoms with Crippen LogP contribution in [0, 0.1) is 6.92 Å². The number of carbonyl (C=O) groups is 1. The number of benzene rings is 2. The van der Waals surface area contributed by atoms with E-state index in [2.05, 4.69) is 4.72 Å². The fourth-order valence-electron chi connectivity index (χ4n) is 2.06. The number of rotatable bonds is 6. The summed E-state index contributed by atoms with van der Waals surface area (Å²) < 4.78 is 32.2. The van der Waals surface area contributed by atoms with E-state index in [1.54, 1.807) is 55.5 Å². The molecule has 0 radical (unpaired) electrons. The van der Waals surface area contributed by atoms with Crippen LogP contribution in [-0.2, 0) is 19.6 Å². The van der Waals surface area contributed by atoms with Crippen LogP contribution >= 0.6 is 0 Å². The molecule has 0 unspecified atom stereocenters. The topological polar surface area (TPSA) is 72.5 Å². The van der Waals surface area contributed by atoms with Crippen LogP contribution in [0.4, 0.5) is 5.69 Å². The third-order valence-corrected chi connectivity index (χ3v) is 4.52. The number of hydrogen-bond acceptors (Lipinski definition) is 4. The van der Waals surface area contributed by atoms with Crippen molar-refractivity contribution in [3.05, 3.63) is 65.7 Å². The maximum absolute atomic E-state index is 12.4. The van der Waals surface area contributed by atoms with Gasteiger partial charge in [-0.05, 0) is 55.3 Å². The number of nitrogens with one attached hydrogen (secondary N) is 1. The van der Waals surface area contributed by atoms with Gasteiger partial charge in [-0.2, -0.15) is 0 Å². The lowest BCUT2D eigenvalue weighted by molar-refractivity contribution is -0.137. The van der Waals surface area contributed by atoms with Crippen molar-refractivity contribution in [1.82, 2.24) is 0 Å². The number of aryl methyl sites for hydroxylation is 1. The van der Waals surface area contributed by atoms with E-state index >= 15 is 0 Å². The minimum absolute atomic E-state index is 0.204. The lowest BCUT2D eigenvalue weighted by atomic mass is 10.2. The van der Waals surface area contributed by atoms with Crippen LogP contribution in [-0.4, -0.2) is 21.0 Å². The molecule has 24 heavy (non-hydrogen) atoms. The molecule has 0 fully saturated rings. The van der Waals surface area contributed by atoms with Crippen LogP contribution in [0.15, 0.2) is 59.5 Å². The molecular formula is C18H19NO4S. The van der Waals surface area contributed by atoms with Gasteiger partial charge in [0.05, 0.1) is 11.5 Å². The van der Waals surface area contributed by atoms with Crippen LogP contribution in [0.2, 0.25) is 0 Å². The van der Waals surface area contributed by atoms with E-state index in [1.165, 1.54) is 6.08 Å². The summed E-state index contributed by atoms with van der Waals surface area (Å²) in [5.74, 6) is -0.441. The van der Waals surface area contributed by atoms with Crippen LogP contribution in [0.3, 0.4) is 0 Å². The Morgan fingerprint density at radius 3 is 2.62 bits per heavy atom. The zero-order valence-corrected chi connectivity index (χ0v) is 14.3. The third-order valence-electron chi connectivity index (χ3n) is 3.14. The minimum atomic E-state index is -3.66. The van der Waals surface area contributed by atoms with Crippen LogP contribution in [0.25, 0.3) is 6.08 Å². The molecule has 0 aliphatic rings. The standard InChI is InChI=1S/C18H19NO4S/c1-3-23-18(20)11-10-15-7-5-8-16(13-15)19-24(21,22)17-9-4-6-14(2)12-17/h4-13,19H,3H2,1-2H3/b11-10+. The van der Waals surface area contributed by atoms with Gasteiger partial charge < -0.3 is 4.74 Å². The van der Waals surface area contributed by atoms with Crippen LogP contribution in [0.5, 0.6) is 0 Å². The fraction of sp³-hybridized carbons (Fsp3) is 0.167. The molecule has 6 heteroatoms. The average Bonchev–Trinajstić information content (AvgIpc) is 2.53. The Kier molecular flexibility index (Phi) is 5.76. The molecule has 2 aromatic carbocycles. The van der Waals surface area contributed by atoms with E-state index in [9.17, 15) is 13.2 Å². The van der Waals surface area contributed by atoms with Crippen molar-refractivity contribution in [3.8, 4) is 0 Å². The summed E-state index contributed by atoms with van der Waals surface area (Å²) in [4.78, 5) is 11.5. The molecule has 0 aliphatic heterocycles. The van der Waals surface area contributed by atoms with Crippen molar-refractivity contribution >= 4 is 27.8 Å². The zero-order valence-electron chi connectivity index (χ0n) is 13.5. The highest BCUT2D eigenvalue weighted by Gasteiger charge is 2.14. The largest absolute Gasteiger partial charge is 0.463 e. The molecule has 0 amide bonds. The molecule has 0 spiro atoms. The molecule has 5 nitrogen and oxygen atoms in total. The highest BCUT2D eigenvalue weighted by molar-refractivity contribution is 7.92. The molecule has 1 N–H and O–H groups in total. The van der Waals surface area contributed by atoms with E-state index in [0.29, 0.717) is 17.9 Å². The average molecular weight is 345 g/mol. The first-order valence-corrected chi connectivity index (χ1v) is 8.93. The van der Waals surface area contributed by atoms with E-state index < -0.39 is 16.0 Å². The van der Waals surface area contributed by atoms with Crippen molar-refractivity contribution in [1.29, 1.82) is 0 Å². The zero-order chi connectivity index (χ0) is 17.6. The number of sulfonamides is 1. The van der Waals surface area contributed by atoms with Crippen molar-refractivity contribution in [2.45, 2.75) is 18.7 Å². The van der Waals surface area contributed by atoms with Gasteiger partial charge in [0.2, 0.25) is 0 Å². The number of anilines is 1. The number of esters is 1. The first-order valence-electron chi connectivity index (χ1n) is 7.45. The van der Waals surface area contributed by atoms with E-state index in [1.807, 2.05) is 13.0 Å². The van der Waals surface area contributed by atoms with E-state index in [0.717, 1.165) is 5.56 Å². The van der Waals surface area contributed by atoms with Gasteiger partial charge in [0.1, 0.15) is 0 Å². The maximum atomic E-state index is 12.4. The first-order chi connectivity index (χ1) is 11.4. The molecule has 0 aromatic heterocycles. The molecule has 2 aromatic rings. The second kappa shape index (κ2) is 7.79. The predicted molar refractivity (Wildman–Crippen MR) is 94.1 cm³/mol. The molecule has 0 atom stereocenters. The number of ether oxygens (including phenoxy) is 1. The van der Waals surface area contributed by atoms with Gasteiger partial charge in [-0.15, -0.1) is 0 Å². The molecular weight excluding hydrogens is 326 g/mol. The van der Waals surface area contributed by atoms with Crippen molar-refractivity contribution in [3.63, 3.8) is 0 Å². The Bertz CT molecular complexity index is 857. The minimum Gasteiger partial charge on any atom is -0.463 e. The Morgan fingerprint density at radius 1 is 1.17 bits per heavy atom. The van der Waals surface area contributed by atoms with Gasteiger partial charge in [0, 0.05) is 11.8 Å². The molecule has 0 saturated heterocycles. The van der Waals surface area contributed by atoms with Crippen LogP contribution < -0.4 is 4.72 Å². The van der Waals surface area contributed by atoms with Crippen LogP contribution in [0.1, 0.15) is 18.1 Å². The lowest BCUT2D eigenvalue weighted by Crippen LogP contribution is -2.13. The molecule has 126 valence electrons. The Hall–Kier alpha value is -2.60.